The number of hydrogen-bond acceptors (Lipinski definition) is 11. The van der Waals surface area contributed by atoms with Gasteiger partial charge in [-0.25, -0.2) is 9.38 Å². The Morgan fingerprint density at radius 1 is 0.917 bits per heavy atom. The molecule has 6 saturated heterocycles. The maximum absolute atomic E-state index is 16.0. The van der Waals surface area contributed by atoms with Gasteiger partial charge in [0.05, 0.1) is 23.4 Å². The highest BCUT2D eigenvalue weighted by Gasteiger charge is 2.46. The molecule has 14 nitrogen and oxygen atoms in total. The lowest BCUT2D eigenvalue weighted by molar-refractivity contribution is -0.136. The van der Waals surface area contributed by atoms with Crippen molar-refractivity contribution in [3.8, 4) is 5.75 Å². The van der Waals surface area contributed by atoms with E-state index >= 15 is 4.39 Å². The van der Waals surface area contributed by atoms with Gasteiger partial charge < -0.3 is 24.8 Å². The molecule has 8 aliphatic heterocycles. The molecule has 60 heavy (non-hydrogen) atoms. The smallest absolute Gasteiger partial charge is 0.255 e. The first-order valence-corrected chi connectivity index (χ1v) is 22.3. The van der Waals surface area contributed by atoms with E-state index in [2.05, 4.69) is 65.6 Å². The van der Waals surface area contributed by atoms with Crippen molar-refractivity contribution in [1.82, 2.24) is 40.4 Å². The van der Waals surface area contributed by atoms with Crippen LogP contribution in [0.25, 0.3) is 16.6 Å². The Morgan fingerprint density at radius 2 is 1.67 bits per heavy atom. The van der Waals surface area contributed by atoms with Crippen LogP contribution in [0.15, 0.2) is 41.4 Å². The van der Waals surface area contributed by atoms with Gasteiger partial charge in [0.15, 0.2) is 5.82 Å². The van der Waals surface area contributed by atoms with E-state index in [1.54, 1.807) is 12.1 Å². The molecule has 1 saturated carbocycles. The van der Waals surface area contributed by atoms with E-state index in [0.29, 0.717) is 47.4 Å². The molecule has 3 unspecified atom stereocenters. The Morgan fingerprint density at radius 3 is 2.42 bits per heavy atom. The number of amidine groups is 1. The molecular weight excluding hydrogens is 764 g/mol. The van der Waals surface area contributed by atoms with Gasteiger partial charge in [0.25, 0.3) is 5.91 Å². The summed E-state index contributed by atoms with van der Waals surface area (Å²) in [4.78, 5) is 53.6. The molecule has 2 aromatic carbocycles. The summed E-state index contributed by atoms with van der Waals surface area (Å²) in [6, 6.07) is 10.2. The number of H-pyrrole nitrogens is 1. The lowest BCUT2D eigenvalue weighted by atomic mass is 9.83. The largest absolute Gasteiger partial charge is 0.488 e. The highest BCUT2D eigenvalue weighted by molar-refractivity contribution is 6.06. The summed E-state index contributed by atoms with van der Waals surface area (Å²) in [5, 5.41) is 14.7. The van der Waals surface area contributed by atoms with Gasteiger partial charge >= 0.3 is 0 Å². The van der Waals surface area contributed by atoms with Gasteiger partial charge in [-0.1, -0.05) is 0 Å². The molecule has 15 heteroatoms. The van der Waals surface area contributed by atoms with Crippen LogP contribution in [0.2, 0.25) is 0 Å². The molecule has 12 rings (SSSR count). The zero-order valence-electron chi connectivity index (χ0n) is 34.4. The number of nitrogens with zero attached hydrogens (tertiary/aromatic N) is 7. The van der Waals surface area contributed by atoms with Crippen molar-refractivity contribution in [2.24, 2.45) is 16.8 Å². The number of piperidine rings is 4. The number of imide groups is 1. The van der Waals surface area contributed by atoms with Crippen molar-refractivity contribution in [2.75, 3.05) is 63.9 Å². The fourth-order valence-corrected chi connectivity index (χ4v) is 11.0. The SMILES string of the molecule is CC1(Oc2ccc3[nH]nc(C4=CC(N5CCC(CN6C7CC6CN(CC6CCN(c8ccc9c(c8F)CN(C8CCC(=O)NC8=O)C9=O)CC6)C7)CC5)=NCN4)c3c2)CC1. The average Bonchev–Trinajstić information content (AvgIpc) is 3.67. The number of ether oxygens (including phenoxy) is 1. The third-order valence-electron chi connectivity index (χ3n) is 14.8. The molecule has 0 radical (unpaired) electrons. The molecule has 3 N–H and O–H groups in total. The number of halogens is 1. The Labute approximate surface area is 349 Å². The first-order chi connectivity index (χ1) is 29.1. The van der Waals surface area contributed by atoms with Crippen molar-refractivity contribution < 1.29 is 23.5 Å². The second kappa shape index (κ2) is 14.9. The molecule has 3 atom stereocenters. The number of likely N-dealkylation sites (tertiary alicyclic amines) is 1. The minimum Gasteiger partial charge on any atom is -0.488 e. The standard InChI is InChI=1S/C45H55FN10O4/c1-45(12-13-45)60-31-2-4-35-33(19-31)42(51-50-35)36-20-39(48-26-47-36)54-16-10-28(11-17-54)22-55-29-18-30(55)24-52(23-29)21-27-8-14-53(15-9-27)37-5-3-32-34(41(37)46)25-56(44(32)59)38-6-7-40(57)49-43(38)58/h2-5,19-20,27-30,38,47H,6-18,21-26H2,1H3,(H,50,51)(H,49,57,58). The van der Waals surface area contributed by atoms with Crippen molar-refractivity contribution >= 4 is 45.8 Å². The van der Waals surface area contributed by atoms with Crippen LogP contribution in [-0.4, -0.2) is 136 Å². The van der Waals surface area contributed by atoms with Crippen LogP contribution in [0.5, 0.6) is 5.75 Å². The van der Waals surface area contributed by atoms with Crippen molar-refractivity contribution in [3.05, 3.63) is 59.0 Å². The Bertz CT molecular complexity index is 2280. The number of anilines is 1. The van der Waals surface area contributed by atoms with Gasteiger partial charge in [-0.05, 0) is 100 Å². The van der Waals surface area contributed by atoms with E-state index in [1.165, 1.54) is 30.7 Å². The second-order valence-electron chi connectivity index (χ2n) is 18.9. The van der Waals surface area contributed by atoms with Crippen LogP contribution in [0, 0.1) is 17.7 Å². The minimum absolute atomic E-state index is 0.0294. The molecule has 1 aliphatic carbocycles. The maximum atomic E-state index is 16.0. The van der Waals surface area contributed by atoms with Crippen LogP contribution >= 0.6 is 0 Å². The van der Waals surface area contributed by atoms with E-state index < -0.39 is 11.9 Å². The summed E-state index contributed by atoms with van der Waals surface area (Å²) in [6.45, 7) is 10.9. The van der Waals surface area contributed by atoms with Gasteiger partial charge in [-0.3, -0.25) is 34.6 Å². The normalized spacial score (nSPS) is 27.3. The molecule has 1 aromatic heterocycles. The summed E-state index contributed by atoms with van der Waals surface area (Å²) in [6.07, 6.45) is 10.5. The van der Waals surface area contributed by atoms with E-state index in [4.69, 9.17) is 9.73 Å². The monoisotopic (exact) mass is 818 g/mol. The molecule has 0 spiro atoms. The molecule has 316 valence electrons. The number of carbonyl (C=O) groups excluding carboxylic acids is 3. The van der Waals surface area contributed by atoms with Crippen molar-refractivity contribution in [2.45, 2.75) is 95.0 Å². The summed E-state index contributed by atoms with van der Waals surface area (Å²) >= 11 is 0. The highest BCUT2D eigenvalue weighted by atomic mass is 19.1. The number of piperazine rings is 1. The molecule has 2 bridgehead atoms. The maximum Gasteiger partial charge on any atom is 0.255 e. The number of carbonyl (C=O) groups is 3. The molecular formula is C45H55FN10O4. The quantitative estimate of drug-likeness (QED) is 0.271. The van der Waals surface area contributed by atoms with E-state index in [9.17, 15) is 14.4 Å². The predicted octanol–water partition coefficient (Wildman–Crippen LogP) is 4.08. The van der Waals surface area contributed by atoms with Gasteiger partial charge in [0.1, 0.15) is 35.6 Å². The molecule has 7 fully saturated rings. The lowest BCUT2D eigenvalue weighted by Crippen LogP contribution is -2.69. The average molecular weight is 819 g/mol. The minimum atomic E-state index is -0.748. The van der Waals surface area contributed by atoms with Crippen LogP contribution in [-0.2, 0) is 16.1 Å². The highest BCUT2D eigenvalue weighted by Crippen LogP contribution is 2.41. The number of rotatable bonds is 9. The Hall–Kier alpha value is -5.02. The summed E-state index contributed by atoms with van der Waals surface area (Å²) < 4.78 is 22.3. The van der Waals surface area contributed by atoms with E-state index in [0.717, 1.165) is 105 Å². The van der Waals surface area contributed by atoms with Gasteiger partial charge in [0.2, 0.25) is 11.8 Å². The third kappa shape index (κ3) is 7.00. The number of benzene rings is 2. The van der Waals surface area contributed by atoms with Crippen LogP contribution in [0.3, 0.4) is 0 Å². The van der Waals surface area contributed by atoms with Gasteiger partial charge in [-0.15, -0.1) is 0 Å². The number of nitrogens with one attached hydrogen (secondary N) is 3. The number of aliphatic imine (C=N–C) groups is 1. The fourth-order valence-electron chi connectivity index (χ4n) is 11.0. The zero-order chi connectivity index (χ0) is 40.7. The number of aromatic amines is 1. The van der Waals surface area contributed by atoms with Crippen LogP contribution in [0.4, 0.5) is 10.1 Å². The summed E-state index contributed by atoms with van der Waals surface area (Å²) in [7, 11) is 0. The predicted molar refractivity (Wildman–Crippen MR) is 225 cm³/mol. The first kappa shape index (κ1) is 37.9. The number of amides is 3. The molecule has 9 aliphatic rings. The number of fused-ring (bicyclic) bond motifs is 4. The van der Waals surface area contributed by atoms with Crippen molar-refractivity contribution in [3.63, 3.8) is 0 Å². The number of hydrogen-bond donors (Lipinski definition) is 3. The molecule has 3 aromatic rings. The summed E-state index contributed by atoms with van der Waals surface area (Å²) in [5.41, 5.74) is 4.10. The Kier molecular flexibility index (Phi) is 9.40. The van der Waals surface area contributed by atoms with Crippen molar-refractivity contribution in [1.29, 1.82) is 0 Å². The van der Waals surface area contributed by atoms with E-state index in [1.807, 2.05) is 6.07 Å². The van der Waals surface area contributed by atoms with Crippen LogP contribution < -0.4 is 20.3 Å². The first-order valence-electron chi connectivity index (χ1n) is 22.3. The molecule has 3 amide bonds. The van der Waals surface area contributed by atoms with E-state index in [-0.39, 0.29) is 42.6 Å². The third-order valence-corrected chi connectivity index (χ3v) is 14.8. The number of aromatic nitrogens is 2. The fraction of sp³-hybridized carbons (Fsp3) is 0.578. The summed E-state index contributed by atoms with van der Waals surface area (Å²) in [5.74, 6) is 1.71. The lowest BCUT2D eigenvalue weighted by Gasteiger charge is -2.58. The second-order valence-corrected chi connectivity index (χ2v) is 18.9. The van der Waals surface area contributed by atoms with Crippen LogP contribution in [0.1, 0.15) is 86.3 Å². The zero-order valence-corrected chi connectivity index (χ0v) is 34.4. The van der Waals surface area contributed by atoms with Gasteiger partial charge in [-0.2, -0.15) is 5.10 Å². The van der Waals surface area contributed by atoms with Gasteiger partial charge in [0, 0.05) is 93.5 Å². The molecule has 9 heterocycles. The Balaban J connectivity index is 0.638. The topological polar surface area (TPSA) is 142 Å².